The van der Waals surface area contributed by atoms with Crippen molar-refractivity contribution in [1.82, 2.24) is 9.97 Å². The average molecular weight is 287 g/mol. The van der Waals surface area contributed by atoms with E-state index in [1.165, 1.54) is 4.90 Å². The summed E-state index contributed by atoms with van der Waals surface area (Å²) in [5.41, 5.74) is 1.03. The van der Waals surface area contributed by atoms with Gasteiger partial charge in [0.05, 0.1) is 0 Å². The molecular formula is C16H21N3S. The summed E-state index contributed by atoms with van der Waals surface area (Å²) in [5.74, 6) is 1.77. The Morgan fingerprint density at radius 1 is 1.05 bits per heavy atom. The monoisotopic (exact) mass is 287 g/mol. The molecule has 0 radical (unpaired) electrons. The van der Waals surface area contributed by atoms with Crippen molar-refractivity contribution in [2.24, 2.45) is 0 Å². The van der Waals surface area contributed by atoms with Crippen molar-refractivity contribution >= 4 is 17.6 Å². The van der Waals surface area contributed by atoms with E-state index in [1.807, 2.05) is 25.2 Å². The standard InChI is InChI=1S/C16H21N3S/c1-11-13(17-5)18-15(16(2,3)4)19-14(11)20-12-9-7-6-8-10-12/h6-10H,1-5H3,(H,17,18,19). The Hall–Kier alpha value is -1.55. The number of benzene rings is 1. The number of nitrogens with zero attached hydrogens (tertiary/aromatic N) is 2. The van der Waals surface area contributed by atoms with Gasteiger partial charge >= 0.3 is 0 Å². The van der Waals surface area contributed by atoms with Crippen LogP contribution in [0, 0.1) is 6.92 Å². The lowest BCUT2D eigenvalue weighted by molar-refractivity contribution is 0.538. The van der Waals surface area contributed by atoms with E-state index in [2.05, 4.69) is 50.1 Å². The van der Waals surface area contributed by atoms with E-state index in [1.54, 1.807) is 11.8 Å². The highest BCUT2D eigenvalue weighted by Crippen LogP contribution is 2.33. The smallest absolute Gasteiger partial charge is 0.137 e. The fourth-order valence-electron chi connectivity index (χ4n) is 1.77. The average Bonchev–Trinajstić information content (AvgIpc) is 2.41. The van der Waals surface area contributed by atoms with E-state index in [9.17, 15) is 0 Å². The van der Waals surface area contributed by atoms with E-state index in [0.29, 0.717) is 0 Å². The van der Waals surface area contributed by atoms with Gasteiger partial charge in [0.15, 0.2) is 0 Å². The number of hydrogen-bond donors (Lipinski definition) is 1. The van der Waals surface area contributed by atoms with Crippen molar-refractivity contribution in [3.8, 4) is 0 Å². The summed E-state index contributed by atoms with van der Waals surface area (Å²) in [6.07, 6.45) is 0. The molecule has 0 atom stereocenters. The Bertz CT molecular complexity index is 589. The molecule has 3 nitrogen and oxygen atoms in total. The van der Waals surface area contributed by atoms with Crippen molar-refractivity contribution in [3.05, 3.63) is 41.7 Å². The summed E-state index contributed by atoms with van der Waals surface area (Å²) in [6.45, 7) is 8.46. The lowest BCUT2D eigenvalue weighted by Crippen LogP contribution is -2.18. The number of rotatable bonds is 3. The van der Waals surface area contributed by atoms with E-state index in [-0.39, 0.29) is 5.41 Å². The van der Waals surface area contributed by atoms with Crippen LogP contribution in [0.25, 0.3) is 0 Å². The first kappa shape index (κ1) is 14.9. The Labute approximate surface area is 125 Å². The van der Waals surface area contributed by atoms with Crippen LogP contribution in [0.5, 0.6) is 0 Å². The minimum atomic E-state index is -0.0642. The van der Waals surface area contributed by atoms with Gasteiger partial charge in [0.1, 0.15) is 16.7 Å². The lowest BCUT2D eigenvalue weighted by Gasteiger charge is -2.20. The maximum Gasteiger partial charge on any atom is 0.137 e. The second kappa shape index (κ2) is 5.83. The van der Waals surface area contributed by atoms with Crippen LogP contribution in [0.3, 0.4) is 0 Å². The predicted octanol–water partition coefficient (Wildman–Crippen LogP) is 4.28. The molecule has 1 N–H and O–H groups in total. The highest BCUT2D eigenvalue weighted by atomic mass is 32.2. The minimum absolute atomic E-state index is 0.0642. The Balaban J connectivity index is 2.46. The molecule has 1 aromatic heterocycles. The Morgan fingerprint density at radius 3 is 2.25 bits per heavy atom. The molecule has 0 fully saturated rings. The van der Waals surface area contributed by atoms with Gasteiger partial charge < -0.3 is 5.32 Å². The van der Waals surface area contributed by atoms with Crippen LogP contribution in [-0.4, -0.2) is 17.0 Å². The first-order valence-corrected chi connectivity index (χ1v) is 7.53. The van der Waals surface area contributed by atoms with Crippen LogP contribution < -0.4 is 5.32 Å². The van der Waals surface area contributed by atoms with Crippen molar-refractivity contribution in [1.29, 1.82) is 0 Å². The van der Waals surface area contributed by atoms with E-state index in [0.717, 1.165) is 22.2 Å². The molecule has 0 amide bonds. The highest BCUT2D eigenvalue weighted by molar-refractivity contribution is 7.99. The van der Waals surface area contributed by atoms with Gasteiger partial charge in [0.25, 0.3) is 0 Å². The van der Waals surface area contributed by atoms with Gasteiger partial charge in [-0.2, -0.15) is 0 Å². The molecule has 0 aliphatic rings. The zero-order valence-corrected chi connectivity index (χ0v) is 13.5. The molecule has 0 spiro atoms. The molecule has 20 heavy (non-hydrogen) atoms. The van der Waals surface area contributed by atoms with Crippen molar-refractivity contribution < 1.29 is 0 Å². The molecule has 1 heterocycles. The third-order valence-electron chi connectivity index (χ3n) is 2.97. The normalized spacial score (nSPS) is 11.4. The van der Waals surface area contributed by atoms with Crippen LogP contribution >= 0.6 is 11.8 Å². The lowest BCUT2D eigenvalue weighted by atomic mass is 9.95. The first-order chi connectivity index (χ1) is 9.41. The third kappa shape index (κ3) is 3.31. The summed E-state index contributed by atoms with van der Waals surface area (Å²) < 4.78 is 0. The van der Waals surface area contributed by atoms with Gasteiger partial charge in [0.2, 0.25) is 0 Å². The van der Waals surface area contributed by atoms with E-state index >= 15 is 0 Å². The van der Waals surface area contributed by atoms with Crippen LogP contribution in [-0.2, 0) is 5.41 Å². The summed E-state index contributed by atoms with van der Waals surface area (Å²) in [5, 5.41) is 4.18. The highest BCUT2D eigenvalue weighted by Gasteiger charge is 2.21. The fraction of sp³-hybridized carbons (Fsp3) is 0.375. The zero-order valence-electron chi connectivity index (χ0n) is 12.7. The van der Waals surface area contributed by atoms with Gasteiger partial charge in [-0.3, -0.25) is 0 Å². The Morgan fingerprint density at radius 2 is 1.70 bits per heavy atom. The summed E-state index contributed by atoms with van der Waals surface area (Å²) in [7, 11) is 1.90. The maximum absolute atomic E-state index is 4.76. The van der Waals surface area contributed by atoms with Gasteiger partial charge in [-0.05, 0) is 19.1 Å². The molecule has 0 saturated carbocycles. The molecule has 2 rings (SSSR count). The molecule has 1 aromatic carbocycles. The molecule has 2 aromatic rings. The largest absolute Gasteiger partial charge is 0.373 e. The fourth-order valence-corrected chi connectivity index (χ4v) is 2.67. The molecule has 4 heteroatoms. The first-order valence-electron chi connectivity index (χ1n) is 6.71. The molecule has 0 aliphatic heterocycles. The SMILES string of the molecule is CNc1nc(C(C)(C)C)nc(Sc2ccccc2)c1C. The zero-order chi connectivity index (χ0) is 14.8. The number of nitrogens with one attached hydrogen (secondary N) is 1. The van der Waals surface area contributed by atoms with E-state index < -0.39 is 0 Å². The van der Waals surface area contributed by atoms with Gasteiger partial charge in [-0.1, -0.05) is 50.7 Å². The third-order valence-corrected chi connectivity index (χ3v) is 4.07. The Kier molecular flexibility index (Phi) is 4.33. The minimum Gasteiger partial charge on any atom is -0.373 e. The molecular weight excluding hydrogens is 266 g/mol. The second-order valence-electron chi connectivity index (χ2n) is 5.74. The van der Waals surface area contributed by atoms with Gasteiger partial charge in [-0.25, -0.2) is 9.97 Å². The van der Waals surface area contributed by atoms with Gasteiger partial charge in [-0.15, -0.1) is 0 Å². The second-order valence-corrected chi connectivity index (χ2v) is 6.80. The predicted molar refractivity (Wildman–Crippen MR) is 85.6 cm³/mol. The number of hydrogen-bond acceptors (Lipinski definition) is 4. The van der Waals surface area contributed by atoms with Crippen molar-refractivity contribution in [2.75, 3.05) is 12.4 Å². The molecule has 106 valence electrons. The maximum atomic E-state index is 4.76. The topological polar surface area (TPSA) is 37.8 Å². The number of aromatic nitrogens is 2. The van der Waals surface area contributed by atoms with Crippen molar-refractivity contribution in [3.63, 3.8) is 0 Å². The van der Waals surface area contributed by atoms with Crippen LogP contribution in [0.2, 0.25) is 0 Å². The molecule has 0 saturated heterocycles. The van der Waals surface area contributed by atoms with Gasteiger partial charge in [0, 0.05) is 22.9 Å². The van der Waals surface area contributed by atoms with E-state index in [4.69, 9.17) is 4.98 Å². The molecule has 0 aliphatic carbocycles. The quantitative estimate of drug-likeness (QED) is 0.855. The summed E-state index contributed by atoms with van der Waals surface area (Å²) in [4.78, 5) is 10.6. The summed E-state index contributed by atoms with van der Waals surface area (Å²) >= 11 is 1.68. The van der Waals surface area contributed by atoms with Crippen LogP contribution in [0.1, 0.15) is 32.2 Å². The van der Waals surface area contributed by atoms with Crippen molar-refractivity contribution in [2.45, 2.75) is 43.0 Å². The summed E-state index contributed by atoms with van der Waals surface area (Å²) in [6, 6.07) is 10.3. The number of anilines is 1. The van der Waals surface area contributed by atoms with Crippen LogP contribution in [0.4, 0.5) is 5.82 Å². The molecule has 0 bridgehead atoms. The molecule has 0 unspecified atom stereocenters. The van der Waals surface area contributed by atoms with Crippen LogP contribution in [0.15, 0.2) is 40.3 Å².